The molecule has 8 heteroatoms. The van der Waals surface area contributed by atoms with E-state index in [9.17, 15) is 14.9 Å². The number of nitro groups is 1. The van der Waals surface area contributed by atoms with Gasteiger partial charge < -0.3 is 10.2 Å². The van der Waals surface area contributed by atoms with Crippen LogP contribution in [-0.2, 0) is 11.3 Å². The van der Waals surface area contributed by atoms with Gasteiger partial charge in [0.1, 0.15) is 6.04 Å². The zero-order valence-electron chi connectivity index (χ0n) is 15.8. The summed E-state index contributed by atoms with van der Waals surface area (Å²) < 4.78 is 0. The first-order valence-electron chi connectivity index (χ1n) is 9.69. The minimum atomic E-state index is -0.533. The van der Waals surface area contributed by atoms with Crippen LogP contribution in [0.1, 0.15) is 31.2 Å². The van der Waals surface area contributed by atoms with E-state index in [4.69, 9.17) is 0 Å². The number of hydrogen-bond donors (Lipinski definition) is 3. The van der Waals surface area contributed by atoms with E-state index >= 15 is 0 Å². The van der Waals surface area contributed by atoms with Crippen molar-refractivity contribution < 1.29 is 9.72 Å². The quantitative estimate of drug-likeness (QED) is 0.355. The number of nitrogens with one attached hydrogen (secondary N) is 3. The Labute approximate surface area is 159 Å². The molecular weight excluding hydrogens is 346 g/mol. The first kappa shape index (κ1) is 19.7. The first-order valence-corrected chi connectivity index (χ1v) is 9.69. The molecular formula is C19H29N5O3. The Balaban J connectivity index is 1.38. The maximum Gasteiger partial charge on any atom is 0.238 e. The number of rotatable bonds is 8. The molecule has 148 valence electrons. The summed E-state index contributed by atoms with van der Waals surface area (Å²) in [5, 5.41) is 14.1. The third-order valence-corrected chi connectivity index (χ3v) is 5.62. The van der Waals surface area contributed by atoms with Gasteiger partial charge in [0.05, 0.1) is 0 Å². The lowest BCUT2D eigenvalue weighted by atomic mass is 9.79. The molecule has 1 amide bonds. The monoisotopic (exact) mass is 375 g/mol. The SMILES string of the molecule is CN(CCCNC(=O)C1NNC2CCC([N+](=O)[O-])CC21)Cc1ccccc1. The predicted molar refractivity (Wildman–Crippen MR) is 102 cm³/mol. The molecule has 8 nitrogen and oxygen atoms in total. The largest absolute Gasteiger partial charge is 0.355 e. The summed E-state index contributed by atoms with van der Waals surface area (Å²) >= 11 is 0. The van der Waals surface area contributed by atoms with Gasteiger partial charge >= 0.3 is 0 Å². The molecule has 2 fully saturated rings. The summed E-state index contributed by atoms with van der Waals surface area (Å²) in [4.78, 5) is 25.6. The lowest BCUT2D eigenvalue weighted by Gasteiger charge is -2.28. The molecule has 1 saturated heterocycles. The highest BCUT2D eigenvalue weighted by Crippen LogP contribution is 2.31. The van der Waals surface area contributed by atoms with Gasteiger partial charge in [0, 0.05) is 42.8 Å². The van der Waals surface area contributed by atoms with E-state index in [0.717, 1.165) is 25.9 Å². The Bertz CT molecular complexity index is 641. The van der Waals surface area contributed by atoms with Crippen LogP contribution in [0.5, 0.6) is 0 Å². The predicted octanol–water partition coefficient (Wildman–Crippen LogP) is 0.915. The maximum atomic E-state index is 12.5. The van der Waals surface area contributed by atoms with Gasteiger partial charge in [0.25, 0.3) is 0 Å². The van der Waals surface area contributed by atoms with E-state index < -0.39 is 6.04 Å². The van der Waals surface area contributed by atoms with Gasteiger partial charge in [-0.15, -0.1) is 0 Å². The number of carbonyl (C=O) groups is 1. The molecule has 0 radical (unpaired) electrons. The molecule has 2 aliphatic rings. The van der Waals surface area contributed by atoms with Crippen molar-refractivity contribution >= 4 is 5.91 Å². The van der Waals surface area contributed by atoms with Crippen LogP contribution in [0.3, 0.4) is 0 Å². The third kappa shape index (κ3) is 5.24. The second kappa shape index (κ2) is 9.25. The van der Waals surface area contributed by atoms with Crippen LogP contribution < -0.4 is 16.2 Å². The number of amides is 1. The van der Waals surface area contributed by atoms with Crippen molar-refractivity contribution in [2.24, 2.45) is 5.92 Å². The van der Waals surface area contributed by atoms with Gasteiger partial charge in [0.15, 0.2) is 0 Å². The summed E-state index contributed by atoms with van der Waals surface area (Å²) in [6.07, 6.45) is 2.62. The number of carbonyl (C=O) groups excluding carboxylic acids is 1. The second-order valence-corrected chi connectivity index (χ2v) is 7.66. The molecule has 4 atom stereocenters. The Morgan fingerprint density at radius 2 is 2.07 bits per heavy atom. The number of fused-ring (bicyclic) bond motifs is 1. The van der Waals surface area contributed by atoms with Gasteiger partial charge in [-0.1, -0.05) is 30.3 Å². The van der Waals surface area contributed by atoms with E-state index in [1.54, 1.807) is 0 Å². The topological polar surface area (TPSA) is 99.5 Å². The smallest absolute Gasteiger partial charge is 0.238 e. The lowest BCUT2D eigenvalue weighted by molar-refractivity contribution is -0.528. The number of benzene rings is 1. The summed E-state index contributed by atoms with van der Waals surface area (Å²) in [7, 11) is 2.07. The van der Waals surface area contributed by atoms with Crippen LogP contribution >= 0.6 is 0 Å². The van der Waals surface area contributed by atoms with Gasteiger partial charge in [-0.3, -0.25) is 20.3 Å². The minimum Gasteiger partial charge on any atom is -0.355 e. The zero-order valence-corrected chi connectivity index (χ0v) is 15.8. The molecule has 0 aromatic heterocycles. The third-order valence-electron chi connectivity index (χ3n) is 5.62. The molecule has 3 N–H and O–H groups in total. The molecule has 0 spiro atoms. The number of hydrogen-bond acceptors (Lipinski definition) is 6. The highest BCUT2D eigenvalue weighted by atomic mass is 16.6. The van der Waals surface area contributed by atoms with Crippen molar-refractivity contribution in [3.8, 4) is 0 Å². The average Bonchev–Trinajstić information content (AvgIpc) is 3.09. The van der Waals surface area contributed by atoms with Crippen molar-refractivity contribution in [2.45, 2.75) is 50.4 Å². The molecule has 0 bridgehead atoms. The molecule has 1 saturated carbocycles. The number of hydrazine groups is 1. The van der Waals surface area contributed by atoms with Crippen molar-refractivity contribution in [3.63, 3.8) is 0 Å². The Morgan fingerprint density at radius 3 is 2.81 bits per heavy atom. The van der Waals surface area contributed by atoms with Crippen LogP contribution in [0.15, 0.2) is 30.3 Å². The molecule has 27 heavy (non-hydrogen) atoms. The highest BCUT2D eigenvalue weighted by molar-refractivity contribution is 5.82. The van der Waals surface area contributed by atoms with Gasteiger partial charge in [-0.25, -0.2) is 5.43 Å². The van der Waals surface area contributed by atoms with Crippen LogP contribution in [0.2, 0.25) is 0 Å². The van der Waals surface area contributed by atoms with E-state index in [0.29, 0.717) is 19.4 Å². The molecule has 1 aromatic rings. The molecule has 4 unspecified atom stereocenters. The molecule has 1 aliphatic carbocycles. The van der Waals surface area contributed by atoms with Crippen molar-refractivity contribution in [2.75, 3.05) is 20.1 Å². The van der Waals surface area contributed by atoms with Crippen LogP contribution in [0.25, 0.3) is 0 Å². The Hall–Kier alpha value is -2.03. The van der Waals surface area contributed by atoms with Crippen molar-refractivity contribution in [3.05, 3.63) is 46.0 Å². The summed E-state index contributed by atoms with van der Waals surface area (Å²) in [6.45, 7) is 2.38. The fraction of sp³-hybridized carbons (Fsp3) is 0.632. The van der Waals surface area contributed by atoms with Crippen molar-refractivity contribution in [1.82, 2.24) is 21.1 Å². The fourth-order valence-electron chi connectivity index (χ4n) is 4.13. The van der Waals surface area contributed by atoms with E-state index in [1.807, 2.05) is 18.2 Å². The zero-order chi connectivity index (χ0) is 19.2. The Morgan fingerprint density at radius 1 is 1.30 bits per heavy atom. The minimum absolute atomic E-state index is 0.0186. The first-order chi connectivity index (χ1) is 13.0. The molecule has 1 aromatic carbocycles. The molecule has 1 aliphatic heterocycles. The Kier molecular flexibility index (Phi) is 6.76. The van der Waals surface area contributed by atoms with Crippen LogP contribution in [0.4, 0.5) is 0 Å². The standard InChI is InChI=1S/C19H29N5O3/c1-23(13-14-6-3-2-4-7-14)11-5-10-20-19(25)18-16-12-15(24(26)27)8-9-17(16)21-22-18/h2-4,6-7,15-18,21-22H,5,8-13H2,1H3,(H,20,25). The molecule has 1 heterocycles. The second-order valence-electron chi connectivity index (χ2n) is 7.66. The number of nitrogens with zero attached hydrogens (tertiary/aromatic N) is 2. The molecule has 3 rings (SSSR count). The van der Waals surface area contributed by atoms with Gasteiger partial charge in [-0.05, 0) is 32.0 Å². The average molecular weight is 375 g/mol. The lowest BCUT2D eigenvalue weighted by Crippen LogP contribution is -2.47. The normalized spacial score (nSPS) is 27.3. The van der Waals surface area contributed by atoms with E-state index in [2.05, 4.69) is 40.2 Å². The van der Waals surface area contributed by atoms with Crippen LogP contribution in [0, 0.1) is 16.0 Å². The summed E-state index contributed by atoms with van der Waals surface area (Å²) in [6, 6.07) is 9.52. The maximum absolute atomic E-state index is 12.5. The summed E-state index contributed by atoms with van der Waals surface area (Å²) in [5.74, 6) is -0.0837. The van der Waals surface area contributed by atoms with E-state index in [1.165, 1.54) is 5.56 Å². The highest BCUT2D eigenvalue weighted by Gasteiger charge is 2.46. The van der Waals surface area contributed by atoms with E-state index in [-0.39, 0.29) is 28.8 Å². The summed E-state index contributed by atoms with van der Waals surface area (Å²) in [5.41, 5.74) is 7.46. The van der Waals surface area contributed by atoms with Gasteiger partial charge in [0.2, 0.25) is 11.9 Å². The fourth-order valence-corrected chi connectivity index (χ4v) is 4.13. The van der Waals surface area contributed by atoms with Crippen LogP contribution in [-0.4, -0.2) is 54.0 Å². The van der Waals surface area contributed by atoms with Gasteiger partial charge in [-0.2, -0.15) is 0 Å². The van der Waals surface area contributed by atoms with Crippen molar-refractivity contribution in [1.29, 1.82) is 0 Å².